The van der Waals surface area contributed by atoms with Crippen LogP contribution in [0.1, 0.15) is 64.2 Å². The fourth-order valence-electron chi connectivity index (χ4n) is 3.70. The van der Waals surface area contributed by atoms with E-state index in [4.69, 9.17) is 13.7 Å². The van der Waals surface area contributed by atoms with Gasteiger partial charge < -0.3 is 33.5 Å². The molecule has 0 N–H and O–H groups in total. The summed E-state index contributed by atoms with van der Waals surface area (Å²) >= 11 is 5.62. The summed E-state index contributed by atoms with van der Waals surface area (Å²) in [5, 5.41) is 0. The van der Waals surface area contributed by atoms with E-state index < -0.39 is 10.1 Å². The van der Waals surface area contributed by atoms with Gasteiger partial charge in [-0.25, -0.2) is 0 Å². The first-order chi connectivity index (χ1) is 14.5. The summed E-state index contributed by atoms with van der Waals surface area (Å²) < 4.78 is 42.0. The van der Waals surface area contributed by atoms with Crippen molar-refractivity contribution in [2.75, 3.05) is 24.2 Å². The van der Waals surface area contributed by atoms with Gasteiger partial charge >= 0.3 is 29.6 Å². The van der Waals surface area contributed by atoms with Gasteiger partial charge in [0.1, 0.15) is 0 Å². The molecule has 0 amide bonds. The summed E-state index contributed by atoms with van der Waals surface area (Å²) in [5.41, 5.74) is 0. The summed E-state index contributed by atoms with van der Waals surface area (Å²) in [7, 11) is -3.68. The topological polar surface area (TPSA) is 61.8 Å². The molecule has 0 saturated heterocycles. The van der Waals surface area contributed by atoms with Gasteiger partial charge in [0.25, 0.3) is 10.1 Å². The molecule has 2 aliphatic carbocycles. The Kier molecular flexibility index (Phi) is 21.3. The molecule has 10 heteroatoms. The number of alkyl halides is 1. The van der Waals surface area contributed by atoms with E-state index in [2.05, 4.69) is 38.5 Å². The fourth-order valence-corrected chi connectivity index (χ4v) is 5.11. The van der Waals surface area contributed by atoms with Crippen LogP contribution in [-0.4, -0.2) is 44.9 Å². The van der Waals surface area contributed by atoms with E-state index in [-0.39, 0.29) is 71.1 Å². The molecule has 1 aromatic carbocycles. The van der Waals surface area contributed by atoms with Gasteiger partial charge in [0.05, 0.1) is 36.9 Å². The third-order valence-corrected chi connectivity index (χ3v) is 7.61. The average Bonchev–Trinajstić information content (AvgIpc) is 2.77. The Hall–Kier alpha value is 1.99. The Morgan fingerprint density at radius 3 is 1.75 bits per heavy atom. The van der Waals surface area contributed by atoms with Crippen molar-refractivity contribution in [2.45, 2.75) is 81.3 Å². The molecule has 3 rings (SSSR count). The van der Waals surface area contributed by atoms with Crippen LogP contribution in [0.15, 0.2) is 33.6 Å². The number of rotatable bonds is 9. The predicted octanol–water partition coefficient (Wildman–Crippen LogP) is 0.282. The smallest absolute Gasteiger partial charge is 1.00 e. The van der Waals surface area contributed by atoms with E-state index >= 15 is 0 Å². The van der Waals surface area contributed by atoms with Gasteiger partial charge in [-0.2, -0.15) is 8.42 Å². The molecule has 0 bridgehead atoms. The van der Waals surface area contributed by atoms with Crippen molar-refractivity contribution in [1.82, 2.24) is 0 Å². The molecular formula is C22H34BrI2NaO5S. The van der Waals surface area contributed by atoms with Gasteiger partial charge in [-0.05, 0) is 49.9 Å². The summed E-state index contributed by atoms with van der Waals surface area (Å²) in [6.45, 7) is 1.33. The molecule has 0 aliphatic heterocycles. The van der Waals surface area contributed by atoms with Crippen LogP contribution in [0.5, 0.6) is 0 Å². The van der Waals surface area contributed by atoms with Gasteiger partial charge in [0.2, 0.25) is 0 Å². The van der Waals surface area contributed by atoms with Crippen molar-refractivity contribution in [3.05, 3.63) is 28.7 Å². The van der Waals surface area contributed by atoms with Crippen LogP contribution < -0.4 is 53.5 Å². The number of ether oxygens (including phenoxy) is 2. The predicted molar refractivity (Wildman–Crippen MR) is 132 cm³/mol. The van der Waals surface area contributed by atoms with Crippen molar-refractivity contribution in [3.8, 4) is 0 Å². The van der Waals surface area contributed by atoms with Crippen LogP contribution in [0.2, 0.25) is 0 Å². The number of benzene rings is 1. The molecule has 1 aromatic rings. The van der Waals surface area contributed by atoms with Gasteiger partial charge in [-0.15, -0.1) is 0 Å². The third-order valence-electron chi connectivity index (χ3n) is 5.31. The molecule has 5 nitrogen and oxygen atoms in total. The summed E-state index contributed by atoms with van der Waals surface area (Å²) in [6, 6.07) is 6.38. The first-order valence-electron chi connectivity index (χ1n) is 11.0. The molecule has 2 fully saturated rings. The number of halogens is 3. The van der Waals surface area contributed by atoms with Crippen molar-refractivity contribution in [1.29, 1.82) is 0 Å². The largest absolute Gasteiger partial charge is 1.00 e. The van der Waals surface area contributed by atoms with Crippen LogP contribution in [0.4, 0.5) is 0 Å². The molecule has 32 heavy (non-hydrogen) atoms. The van der Waals surface area contributed by atoms with Crippen molar-refractivity contribution < 1.29 is 75.6 Å². The SMILES string of the molecule is ICCOC1CCCCC1.O=S(=O)(OCCOC1CCCCC1)c1ccc(Br)cc1.[I-].[Na+]. The maximum absolute atomic E-state index is 11.9. The van der Waals surface area contributed by atoms with Crippen molar-refractivity contribution in [2.24, 2.45) is 0 Å². The third kappa shape index (κ3) is 14.5. The minimum atomic E-state index is -3.68. The summed E-state index contributed by atoms with van der Waals surface area (Å²) in [4.78, 5) is 0.165. The van der Waals surface area contributed by atoms with Crippen LogP contribution in [0, 0.1) is 0 Å². The first kappa shape index (κ1) is 34.0. The van der Waals surface area contributed by atoms with E-state index in [9.17, 15) is 8.42 Å². The maximum atomic E-state index is 11.9. The fraction of sp³-hybridized carbons (Fsp3) is 0.727. The van der Waals surface area contributed by atoms with Crippen LogP contribution in [0.3, 0.4) is 0 Å². The summed E-state index contributed by atoms with van der Waals surface area (Å²) in [5.74, 6) is 0. The van der Waals surface area contributed by atoms with E-state index in [0.717, 1.165) is 28.3 Å². The molecule has 180 valence electrons. The zero-order valence-electron chi connectivity index (χ0n) is 18.9. The second-order valence-electron chi connectivity index (χ2n) is 7.68. The van der Waals surface area contributed by atoms with Crippen LogP contribution in [-0.2, 0) is 23.8 Å². The second kappa shape index (κ2) is 20.1. The molecule has 0 unspecified atom stereocenters. The zero-order valence-corrected chi connectivity index (χ0v) is 27.7. The van der Waals surface area contributed by atoms with E-state index in [0.29, 0.717) is 12.7 Å². The van der Waals surface area contributed by atoms with Crippen molar-refractivity contribution in [3.63, 3.8) is 0 Å². The Balaban J connectivity index is 0.000000683. The Bertz CT molecular complexity index is 682. The molecular weight excluding hydrogens is 733 g/mol. The standard InChI is InChI=1S/C14H19BrO4S.C8H15IO.HI.Na/c15-12-6-8-14(9-7-12)20(16,17)19-11-10-18-13-4-2-1-3-5-13;9-6-7-10-8-4-2-1-3-5-8;;/h6-9,13H,1-5,10-11H2;8H,1-7H2;1H;/q;;;+1/p-1. The molecule has 0 heterocycles. The molecule has 0 spiro atoms. The van der Waals surface area contributed by atoms with Crippen LogP contribution in [0.25, 0.3) is 0 Å². The number of hydrogen-bond acceptors (Lipinski definition) is 5. The molecule has 0 atom stereocenters. The second-order valence-corrected chi connectivity index (χ2v) is 11.3. The van der Waals surface area contributed by atoms with Gasteiger partial charge in [-0.1, -0.05) is 77.0 Å². The summed E-state index contributed by atoms with van der Waals surface area (Å²) in [6.07, 6.45) is 13.5. The van der Waals surface area contributed by atoms with E-state index in [1.807, 2.05) is 0 Å². The monoisotopic (exact) mass is 766 g/mol. The Morgan fingerprint density at radius 2 is 1.28 bits per heavy atom. The van der Waals surface area contributed by atoms with Crippen molar-refractivity contribution >= 4 is 48.6 Å². The van der Waals surface area contributed by atoms with Gasteiger partial charge in [0, 0.05) is 8.90 Å². The quantitative estimate of drug-likeness (QED) is 0.119. The van der Waals surface area contributed by atoms with E-state index in [1.54, 1.807) is 12.1 Å². The van der Waals surface area contributed by atoms with E-state index in [1.165, 1.54) is 63.5 Å². The van der Waals surface area contributed by atoms with Gasteiger partial charge in [-0.3, -0.25) is 4.18 Å². The minimum Gasteiger partial charge on any atom is -1.00 e. The first-order valence-corrected chi connectivity index (χ1v) is 14.7. The molecule has 0 aromatic heterocycles. The number of hydrogen-bond donors (Lipinski definition) is 0. The van der Waals surface area contributed by atoms with Gasteiger partial charge in [0.15, 0.2) is 0 Å². The molecule has 2 aliphatic rings. The zero-order chi connectivity index (χ0) is 21.7. The maximum Gasteiger partial charge on any atom is 1.00 e. The Labute approximate surface area is 255 Å². The van der Waals surface area contributed by atoms with Crippen LogP contribution >= 0.6 is 38.5 Å². The normalized spacial score (nSPS) is 17.4. The average molecular weight is 767 g/mol. The molecule has 2 saturated carbocycles. The Morgan fingerprint density at radius 1 is 0.812 bits per heavy atom. The minimum absolute atomic E-state index is 0. The molecule has 0 radical (unpaired) electrons.